The molecule has 1 aliphatic heterocycles. The molecule has 0 aromatic rings. The maximum Gasteiger partial charge on any atom is 0.0471 e. The summed E-state index contributed by atoms with van der Waals surface area (Å²) in [6, 6.07) is 1.75. The predicted octanol–water partition coefficient (Wildman–Crippen LogP) is 0.547. The first-order chi connectivity index (χ1) is 8.51. The van der Waals surface area contributed by atoms with E-state index < -0.39 is 0 Å². The van der Waals surface area contributed by atoms with E-state index in [1.165, 1.54) is 12.8 Å². The molecule has 1 heterocycles. The maximum atomic E-state index is 9.26. The van der Waals surface area contributed by atoms with E-state index in [1.807, 2.05) is 0 Å². The highest BCUT2D eigenvalue weighted by atomic mass is 16.3. The molecule has 4 nitrogen and oxygen atoms in total. The summed E-state index contributed by atoms with van der Waals surface area (Å²) in [7, 11) is 0. The zero-order valence-corrected chi connectivity index (χ0v) is 12.0. The van der Waals surface area contributed by atoms with Crippen molar-refractivity contribution in [3.05, 3.63) is 0 Å². The maximum absolute atomic E-state index is 9.26. The third-order valence-electron chi connectivity index (χ3n) is 4.82. The molecule has 0 aromatic carbocycles. The van der Waals surface area contributed by atoms with Crippen LogP contribution in [0.25, 0.3) is 0 Å². The minimum atomic E-state index is 0.0465. The lowest BCUT2D eigenvalue weighted by molar-refractivity contribution is 0.177. The number of nitrogens with zero attached hydrogens (tertiary/aromatic N) is 1. The second kappa shape index (κ2) is 5.45. The van der Waals surface area contributed by atoms with Crippen LogP contribution in [-0.4, -0.2) is 53.4 Å². The summed E-state index contributed by atoms with van der Waals surface area (Å²) in [4.78, 5) is 2.62. The van der Waals surface area contributed by atoms with Gasteiger partial charge in [0.15, 0.2) is 0 Å². The number of hydrogen-bond acceptors (Lipinski definition) is 4. The Labute approximate surface area is 111 Å². The van der Waals surface area contributed by atoms with Crippen LogP contribution < -0.4 is 11.1 Å². The number of nitrogens with two attached hydrogens (primary N) is 1. The van der Waals surface area contributed by atoms with Crippen LogP contribution in [0.1, 0.15) is 40.0 Å². The smallest absolute Gasteiger partial charge is 0.0471 e. The molecular weight excluding hydrogens is 226 g/mol. The Bertz CT molecular complexity index is 282. The molecule has 106 valence electrons. The van der Waals surface area contributed by atoms with Gasteiger partial charge in [-0.25, -0.2) is 0 Å². The highest BCUT2D eigenvalue weighted by Crippen LogP contribution is 2.37. The fourth-order valence-corrected chi connectivity index (χ4v) is 3.24. The van der Waals surface area contributed by atoms with Gasteiger partial charge < -0.3 is 16.2 Å². The molecule has 2 fully saturated rings. The van der Waals surface area contributed by atoms with Gasteiger partial charge in [0.1, 0.15) is 0 Å². The van der Waals surface area contributed by atoms with Crippen LogP contribution in [0.2, 0.25) is 0 Å². The highest BCUT2D eigenvalue weighted by Gasteiger charge is 2.46. The highest BCUT2D eigenvalue weighted by molar-refractivity contribution is 5.06. The summed E-state index contributed by atoms with van der Waals surface area (Å²) in [6.45, 7) is 8.54. The average molecular weight is 255 g/mol. The Kier molecular flexibility index (Phi) is 4.32. The normalized spacial score (nSPS) is 36.8. The zero-order chi connectivity index (χ0) is 13.3. The summed E-state index contributed by atoms with van der Waals surface area (Å²) < 4.78 is 0. The van der Waals surface area contributed by atoms with Crippen molar-refractivity contribution in [1.82, 2.24) is 10.2 Å². The third kappa shape index (κ3) is 2.87. The molecule has 0 bridgehead atoms. The molecule has 0 amide bonds. The van der Waals surface area contributed by atoms with Gasteiger partial charge in [-0.1, -0.05) is 6.92 Å². The van der Waals surface area contributed by atoms with Gasteiger partial charge in [-0.2, -0.15) is 0 Å². The predicted molar refractivity (Wildman–Crippen MR) is 74.4 cm³/mol. The Balaban J connectivity index is 1.98. The van der Waals surface area contributed by atoms with Crippen LogP contribution in [-0.2, 0) is 0 Å². The van der Waals surface area contributed by atoms with Crippen molar-refractivity contribution < 1.29 is 5.11 Å². The first-order valence-corrected chi connectivity index (χ1v) is 7.35. The fraction of sp³-hybridized carbons (Fsp3) is 1.00. The molecule has 4 unspecified atom stereocenters. The summed E-state index contributed by atoms with van der Waals surface area (Å²) in [5.74, 6) is 0.277. The van der Waals surface area contributed by atoms with Gasteiger partial charge in [-0.15, -0.1) is 0 Å². The van der Waals surface area contributed by atoms with Crippen LogP contribution in [0.3, 0.4) is 0 Å². The monoisotopic (exact) mass is 255 g/mol. The van der Waals surface area contributed by atoms with E-state index in [1.54, 1.807) is 0 Å². The van der Waals surface area contributed by atoms with Gasteiger partial charge in [0, 0.05) is 43.4 Å². The first kappa shape index (κ1) is 14.3. The Morgan fingerprint density at radius 3 is 2.61 bits per heavy atom. The van der Waals surface area contributed by atoms with Crippen LogP contribution in [0.15, 0.2) is 0 Å². The second-order valence-electron chi connectivity index (χ2n) is 6.53. The van der Waals surface area contributed by atoms with Crippen LogP contribution >= 0.6 is 0 Å². The molecule has 1 saturated carbocycles. The largest absolute Gasteiger partial charge is 0.396 e. The van der Waals surface area contributed by atoms with E-state index in [4.69, 9.17) is 5.73 Å². The summed E-state index contributed by atoms with van der Waals surface area (Å²) in [5.41, 5.74) is 6.10. The number of hydrogen-bond donors (Lipinski definition) is 3. The molecule has 4 N–H and O–H groups in total. The van der Waals surface area contributed by atoms with Crippen molar-refractivity contribution in [2.24, 2.45) is 11.7 Å². The molecule has 1 aliphatic carbocycles. The Morgan fingerprint density at radius 1 is 1.44 bits per heavy atom. The SMILES string of the molecule is CC(CO)C(C)NC1(CN)CC(C)N(C2CC2)C1. The van der Waals surface area contributed by atoms with Gasteiger partial charge in [0.25, 0.3) is 0 Å². The van der Waals surface area contributed by atoms with Gasteiger partial charge >= 0.3 is 0 Å². The third-order valence-corrected chi connectivity index (χ3v) is 4.82. The number of likely N-dealkylation sites (tertiary alicyclic amines) is 1. The number of rotatable bonds is 6. The van der Waals surface area contributed by atoms with Crippen LogP contribution in [0.5, 0.6) is 0 Å². The molecule has 0 spiro atoms. The van der Waals surface area contributed by atoms with E-state index in [-0.39, 0.29) is 18.1 Å². The summed E-state index contributed by atoms with van der Waals surface area (Å²) in [6.07, 6.45) is 3.84. The van der Waals surface area contributed by atoms with E-state index in [2.05, 4.69) is 31.0 Å². The van der Waals surface area contributed by atoms with Crippen molar-refractivity contribution in [1.29, 1.82) is 0 Å². The second-order valence-corrected chi connectivity index (χ2v) is 6.53. The quantitative estimate of drug-likeness (QED) is 0.648. The van der Waals surface area contributed by atoms with Gasteiger partial charge in [0.2, 0.25) is 0 Å². The van der Waals surface area contributed by atoms with Gasteiger partial charge in [0.05, 0.1) is 0 Å². The molecule has 1 saturated heterocycles. The lowest BCUT2D eigenvalue weighted by Crippen LogP contribution is -2.57. The van der Waals surface area contributed by atoms with Crippen LogP contribution in [0.4, 0.5) is 0 Å². The van der Waals surface area contributed by atoms with E-state index in [9.17, 15) is 5.11 Å². The molecule has 2 aliphatic rings. The molecule has 4 heteroatoms. The summed E-state index contributed by atoms with van der Waals surface area (Å²) >= 11 is 0. The van der Waals surface area contributed by atoms with Crippen molar-refractivity contribution in [2.45, 2.75) is 63.7 Å². The lowest BCUT2D eigenvalue weighted by atomic mass is 9.93. The molecule has 4 atom stereocenters. The average Bonchev–Trinajstić information content (AvgIpc) is 3.14. The van der Waals surface area contributed by atoms with Crippen molar-refractivity contribution >= 4 is 0 Å². The van der Waals surface area contributed by atoms with Crippen molar-refractivity contribution in [3.8, 4) is 0 Å². The topological polar surface area (TPSA) is 61.5 Å². The summed E-state index contributed by atoms with van der Waals surface area (Å²) in [5, 5.41) is 13.0. The molecular formula is C14H29N3O. The lowest BCUT2D eigenvalue weighted by Gasteiger charge is -2.35. The Hall–Kier alpha value is -0.160. The van der Waals surface area contributed by atoms with Crippen LogP contribution in [0, 0.1) is 5.92 Å². The van der Waals surface area contributed by atoms with Crippen molar-refractivity contribution in [2.75, 3.05) is 19.7 Å². The zero-order valence-electron chi connectivity index (χ0n) is 12.0. The van der Waals surface area contributed by atoms with E-state index in [0.717, 1.165) is 19.0 Å². The molecule has 18 heavy (non-hydrogen) atoms. The fourth-order valence-electron chi connectivity index (χ4n) is 3.24. The number of nitrogens with one attached hydrogen (secondary N) is 1. The van der Waals surface area contributed by atoms with Gasteiger partial charge in [-0.05, 0) is 39.0 Å². The first-order valence-electron chi connectivity index (χ1n) is 7.35. The minimum Gasteiger partial charge on any atom is -0.396 e. The molecule has 2 rings (SSSR count). The minimum absolute atomic E-state index is 0.0465. The Morgan fingerprint density at radius 2 is 2.11 bits per heavy atom. The molecule has 0 radical (unpaired) electrons. The number of aliphatic hydroxyl groups excluding tert-OH is 1. The number of aliphatic hydroxyl groups is 1. The van der Waals surface area contributed by atoms with E-state index in [0.29, 0.717) is 18.6 Å². The molecule has 0 aromatic heterocycles. The standard InChI is InChI=1S/C14H29N3O/c1-10(7-18)12(3)16-14(8-15)6-11(2)17(9-14)13-4-5-13/h10-13,16,18H,4-9,15H2,1-3H3. The van der Waals surface area contributed by atoms with Gasteiger partial charge in [-0.3, -0.25) is 4.90 Å². The van der Waals surface area contributed by atoms with E-state index >= 15 is 0 Å². The van der Waals surface area contributed by atoms with Crippen molar-refractivity contribution in [3.63, 3.8) is 0 Å².